The van der Waals surface area contributed by atoms with E-state index in [1.54, 1.807) is 13.2 Å². The van der Waals surface area contributed by atoms with Crippen LogP contribution < -0.4 is 10.6 Å². The molecule has 25 heavy (non-hydrogen) atoms. The molecular weight excluding hydrogens is 318 g/mol. The molecule has 6 heteroatoms. The Hall–Kier alpha value is -1.92. The quantitative estimate of drug-likeness (QED) is 0.744. The maximum Gasteiger partial charge on any atom is 0.319 e. The molecule has 1 aromatic rings. The molecule has 1 aliphatic heterocycles. The molecule has 1 heterocycles. The Morgan fingerprint density at radius 3 is 3.08 bits per heavy atom. The second-order valence-corrected chi connectivity index (χ2v) is 6.93. The molecule has 0 spiro atoms. The average Bonchev–Trinajstić information content (AvgIpc) is 3.20. The van der Waals surface area contributed by atoms with Gasteiger partial charge in [0.15, 0.2) is 5.78 Å². The first-order chi connectivity index (χ1) is 12.2. The van der Waals surface area contributed by atoms with Gasteiger partial charge in [-0.25, -0.2) is 4.79 Å². The van der Waals surface area contributed by atoms with Crippen LogP contribution in [0.1, 0.15) is 35.2 Å². The van der Waals surface area contributed by atoms with Crippen LogP contribution in [0.5, 0.6) is 0 Å². The summed E-state index contributed by atoms with van der Waals surface area (Å²) in [5, 5.41) is 5.84. The van der Waals surface area contributed by atoms with Crippen molar-refractivity contribution in [3.63, 3.8) is 0 Å². The second-order valence-electron chi connectivity index (χ2n) is 6.93. The number of fused-ring (bicyclic) bond motifs is 1. The highest BCUT2D eigenvalue weighted by molar-refractivity contribution is 6.01. The maximum atomic E-state index is 12.1. The zero-order chi connectivity index (χ0) is 17.6. The summed E-state index contributed by atoms with van der Waals surface area (Å²) in [5.41, 5.74) is 2.58. The highest BCUT2D eigenvalue weighted by Gasteiger charge is 2.23. The molecule has 1 atom stereocenters. The van der Waals surface area contributed by atoms with E-state index in [0.29, 0.717) is 18.9 Å². The lowest BCUT2D eigenvalue weighted by atomic mass is 10.1. The van der Waals surface area contributed by atoms with Crippen molar-refractivity contribution in [3.05, 3.63) is 29.3 Å². The van der Waals surface area contributed by atoms with Gasteiger partial charge in [-0.05, 0) is 55.5 Å². The van der Waals surface area contributed by atoms with E-state index >= 15 is 0 Å². The van der Waals surface area contributed by atoms with E-state index in [1.807, 2.05) is 12.1 Å². The molecule has 0 bridgehead atoms. The zero-order valence-corrected chi connectivity index (χ0v) is 14.8. The smallest absolute Gasteiger partial charge is 0.319 e. The van der Waals surface area contributed by atoms with E-state index in [4.69, 9.17) is 4.74 Å². The summed E-state index contributed by atoms with van der Waals surface area (Å²) >= 11 is 0. The van der Waals surface area contributed by atoms with E-state index in [1.165, 1.54) is 0 Å². The van der Waals surface area contributed by atoms with Gasteiger partial charge in [0.25, 0.3) is 0 Å². The monoisotopic (exact) mass is 345 g/mol. The van der Waals surface area contributed by atoms with Gasteiger partial charge in [0, 0.05) is 51.0 Å². The van der Waals surface area contributed by atoms with Crippen molar-refractivity contribution in [2.45, 2.75) is 25.7 Å². The summed E-state index contributed by atoms with van der Waals surface area (Å²) in [4.78, 5) is 26.2. The highest BCUT2D eigenvalue weighted by atomic mass is 16.5. The Kier molecular flexibility index (Phi) is 6.04. The Morgan fingerprint density at radius 1 is 1.36 bits per heavy atom. The number of rotatable bonds is 7. The number of ether oxygens (including phenoxy) is 1. The van der Waals surface area contributed by atoms with Gasteiger partial charge in [0.1, 0.15) is 0 Å². The zero-order valence-electron chi connectivity index (χ0n) is 14.8. The van der Waals surface area contributed by atoms with Crippen LogP contribution in [0.15, 0.2) is 18.2 Å². The number of hydrogen-bond acceptors (Lipinski definition) is 4. The first-order valence-electron chi connectivity index (χ1n) is 9.08. The molecular formula is C19H27N3O3. The first-order valence-corrected chi connectivity index (χ1v) is 9.08. The number of nitrogens with zero attached hydrogens (tertiary/aromatic N) is 1. The number of methoxy groups -OCH3 is 1. The lowest BCUT2D eigenvalue weighted by Gasteiger charge is -2.16. The third kappa shape index (κ3) is 4.80. The normalized spacial score (nSPS) is 19.9. The van der Waals surface area contributed by atoms with Crippen molar-refractivity contribution in [3.8, 4) is 0 Å². The first kappa shape index (κ1) is 17.9. The molecule has 2 aliphatic rings. The number of anilines is 1. The second kappa shape index (κ2) is 8.45. The molecule has 0 saturated carbocycles. The van der Waals surface area contributed by atoms with Crippen molar-refractivity contribution >= 4 is 17.5 Å². The number of ketones is 1. The van der Waals surface area contributed by atoms with Gasteiger partial charge in [-0.3, -0.25) is 4.79 Å². The van der Waals surface area contributed by atoms with Crippen LogP contribution in [0.4, 0.5) is 10.5 Å². The summed E-state index contributed by atoms with van der Waals surface area (Å²) in [6, 6.07) is 5.35. The predicted molar refractivity (Wildman–Crippen MR) is 97.2 cm³/mol. The fraction of sp³-hybridized carbons (Fsp3) is 0.579. The van der Waals surface area contributed by atoms with Crippen molar-refractivity contribution in [2.75, 3.05) is 45.2 Å². The number of Topliss-reactive ketones (excluding diaryl/α,β-unsaturated/α-hetero) is 1. The number of aryl methyl sites for hydroxylation is 1. The van der Waals surface area contributed by atoms with Gasteiger partial charge in [0.2, 0.25) is 0 Å². The highest BCUT2D eigenvalue weighted by Crippen LogP contribution is 2.25. The van der Waals surface area contributed by atoms with Crippen LogP contribution in [0.25, 0.3) is 0 Å². The minimum absolute atomic E-state index is 0.179. The van der Waals surface area contributed by atoms with Gasteiger partial charge in [-0.15, -0.1) is 0 Å². The van der Waals surface area contributed by atoms with E-state index in [-0.39, 0.29) is 11.8 Å². The van der Waals surface area contributed by atoms with Crippen molar-refractivity contribution in [2.24, 2.45) is 5.92 Å². The summed E-state index contributed by atoms with van der Waals surface area (Å²) in [6.45, 7) is 4.68. The molecule has 3 rings (SSSR count). The van der Waals surface area contributed by atoms with Crippen LogP contribution in [0.2, 0.25) is 0 Å². The van der Waals surface area contributed by atoms with E-state index in [2.05, 4.69) is 15.5 Å². The van der Waals surface area contributed by atoms with E-state index in [9.17, 15) is 9.59 Å². The molecule has 1 unspecified atom stereocenters. The van der Waals surface area contributed by atoms with Gasteiger partial charge >= 0.3 is 6.03 Å². The topological polar surface area (TPSA) is 70.7 Å². The van der Waals surface area contributed by atoms with Gasteiger partial charge in [-0.1, -0.05) is 0 Å². The molecule has 1 aromatic carbocycles. The molecule has 1 saturated heterocycles. The predicted octanol–water partition coefficient (Wildman–Crippen LogP) is 2.30. The number of urea groups is 1. The van der Waals surface area contributed by atoms with Crippen LogP contribution in [0.3, 0.4) is 0 Å². The summed E-state index contributed by atoms with van der Waals surface area (Å²) < 4.78 is 5.09. The van der Waals surface area contributed by atoms with E-state index < -0.39 is 0 Å². The van der Waals surface area contributed by atoms with Crippen molar-refractivity contribution in [1.82, 2.24) is 10.2 Å². The number of hydrogen-bond donors (Lipinski definition) is 2. The molecule has 2 amide bonds. The van der Waals surface area contributed by atoms with Gasteiger partial charge in [-0.2, -0.15) is 0 Å². The number of nitrogens with one attached hydrogen (secondary N) is 2. The minimum Gasteiger partial charge on any atom is -0.385 e. The lowest BCUT2D eigenvalue weighted by Crippen LogP contribution is -2.34. The molecule has 6 nitrogen and oxygen atoms in total. The molecule has 0 radical (unpaired) electrons. The molecule has 2 N–H and O–H groups in total. The summed E-state index contributed by atoms with van der Waals surface area (Å²) in [6.07, 6.45) is 3.52. The Morgan fingerprint density at radius 2 is 2.24 bits per heavy atom. The van der Waals surface area contributed by atoms with Crippen LogP contribution in [0, 0.1) is 5.92 Å². The maximum absolute atomic E-state index is 12.1. The SMILES string of the molecule is COCCCN1CCC(CNC(=O)Nc2ccc3c(c2)CCC3=O)C1. The van der Waals surface area contributed by atoms with E-state index in [0.717, 1.165) is 62.3 Å². The lowest BCUT2D eigenvalue weighted by molar-refractivity contribution is 0.0994. The van der Waals surface area contributed by atoms with Gasteiger partial charge < -0.3 is 20.3 Å². The standard InChI is InChI=1S/C19H27N3O3/c1-25-10-2-8-22-9-7-14(13-22)12-20-19(24)21-16-4-5-17-15(11-16)3-6-18(17)23/h4-5,11,14H,2-3,6-10,12-13H2,1H3,(H2,20,21,24). The van der Waals surface area contributed by atoms with Crippen molar-refractivity contribution in [1.29, 1.82) is 0 Å². The molecule has 1 aliphatic carbocycles. The average molecular weight is 345 g/mol. The number of carbonyl (C=O) groups excluding carboxylic acids is 2. The van der Waals surface area contributed by atoms with Crippen molar-refractivity contribution < 1.29 is 14.3 Å². The Labute approximate surface area is 148 Å². The largest absolute Gasteiger partial charge is 0.385 e. The minimum atomic E-state index is -0.179. The fourth-order valence-electron chi connectivity index (χ4n) is 3.66. The summed E-state index contributed by atoms with van der Waals surface area (Å²) in [7, 11) is 1.73. The number of benzene rings is 1. The number of likely N-dealkylation sites (tertiary alicyclic amines) is 1. The Bertz CT molecular complexity index is 632. The third-order valence-corrected chi connectivity index (χ3v) is 5.03. The van der Waals surface area contributed by atoms with Crippen LogP contribution in [-0.4, -0.2) is 56.6 Å². The Balaban J connectivity index is 1.39. The van der Waals surface area contributed by atoms with Gasteiger partial charge in [0.05, 0.1) is 0 Å². The summed E-state index contributed by atoms with van der Waals surface area (Å²) in [5.74, 6) is 0.702. The number of amides is 2. The molecule has 136 valence electrons. The molecule has 0 aromatic heterocycles. The van der Waals surface area contributed by atoms with Crippen LogP contribution >= 0.6 is 0 Å². The third-order valence-electron chi connectivity index (χ3n) is 5.03. The van der Waals surface area contributed by atoms with Crippen LogP contribution in [-0.2, 0) is 11.2 Å². The number of carbonyl (C=O) groups is 2. The molecule has 1 fully saturated rings. The fourth-order valence-corrected chi connectivity index (χ4v) is 3.66.